The van der Waals surface area contributed by atoms with E-state index in [0.717, 1.165) is 0 Å². The van der Waals surface area contributed by atoms with E-state index >= 15 is 0 Å². The van der Waals surface area contributed by atoms with Crippen LogP contribution in [0.4, 0.5) is 5.69 Å². The molecule has 0 aliphatic carbocycles. The summed E-state index contributed by atoms with van der Waals surface area (Å²) in [4.78, 5) is 22.4. The first-order valence-electron chi connectivity index (χ1n) is 4.61. The summed E-state index contributed by atoms with van der Waals surface area (Å²) in [5.74, 6) is 3.27. The van der Waals surface area contributed by atoms with Gasteiger partial charge in [0.1, 0.15) is 0 Å². The monoisotopic (exact) mass is 224 g/mol. The Hall–Kier alpha value is -2.08. The van der Waals surface area contributed by atoms with Crippen LogP contribution in [-0.4, -0.2) is 23.7 Å². The molecule has 0 atom stereocenters. The lowest BCUT2D eigenvalue weighted by Gasteiger charge is -2.07. The highest BCUT2D eigenvalue weighted by Crippen LogP contribution is 2.16. The van der Waals surface area contributed by atoms with E-state index in [4.69, 9.17) is 15.7 Å². The largest absolute Gasteiger partial charge is 0.478 e. The maximum absolute atomic E-state index is 11.4. The lowest BCUT2D eigenvalue weighted by Crippen LogP contribution is -2.13. The number of rotatable bonds is 4. The summed E-state index contributed by atoms with van der Waals surface area (Å²) >= 11 is 0. The highest BCUT2D eigenvalue weighted by molar-refractivity contribution is 6.03. The van der Waals surface area contributed by atoms with Crippen LogP contribution in [0, 0.1) is 0 Å². The van der Waals surface area contributed by atoms with E-state index in [2.05, 4.69) is 5.43 Å². The molecule has 0 bridgehead atoms. The van der Waals surface area contributed by atoms with Crippen molar-refractivity contribution in [3.63, 3.8) is 0 Å². The van der Waals surface area contributed by atoms with Gasteiger partial charge in [0.2, 0.25) is 0 Å². The molecule has 0 aliphatic rings. The SMILES string of the molecule is CCOC(=O)c1ccc(NN)cc1C(=O)O. The summed E-state index contributed by atoms with van der Waals surface area (Å²) in [5.41, 5.74) is 2.58. The van der Waals surface area contributed by atoms with Gasteiger partial charge in [-0.1, -0.05) is 0 Å². The molecule has 0 saturated heterocycles. The molecule has 1 aromatic carbocycles. The summed E-state index contributed by atoms with van der Waals surface area (Å²) < 4.78 is 4.74. The number of carboxylic acids is 1. The topological polar surface area (TPSA) is 102 Å². The van der Waals surface area contributed by atoms with Crippen molar-refractivity contribution >= 4 is 17.6 Å². The number of carbonyl (C=O) groups excluding carboxylic acids is 1. The molecule has 1 aromatic rings. The highest BCUT2D eigenvalue weighted by atomic mass is 16.5. The Labute approximate surface area is 92.0 Å². The molecule has 16 heavy (non-hydrogen) atoms. The zero-order valence-corrected chi connectivity index (χ0v) is 8.69. The van der Waals surface area contributed by atoms with Gasteiger partial charge in [0.15, 0.2) is 0 Å². The first-order chi connectivity index (χ1) is 7.60. The Morgan fingerprint density at radius 3 is 2.62 bits per heavy atom. The van der Waals surface area contributed by atoms with Crippen molar-refractivity contribution in [1.82, 2.24) is 0 Å². The van der Waals surface area contributed by atoms with E-state index in [0.29, 0.717) is 5.69 Å². The first kappa shape index (κ1) is 12.0. The number of hydrogen-bond acceptors (Lipinski definition) is 5. The van der Waals surface area contributed by atoms with Crippen LogP contribution in [0.5, 0.6) is 0 Å². The van der Waals surface area contributed by atoms with Crippen LogP contribution >= 0.6 is 0 Å². The third kappa shape index (κ3) is 2.48. The van der Waals surface area contributed by atoms with E-state index < -0.39 is 11.9 Å². The molecule has 86 valence electrons. The lowest BCUT2D eigenvalue weighted by atomic mass is 10.1. The van der Waals surface area contributed by atoms with Gasteiger partial charge < -0.3 is 15.3 Å². The molecule has 0 spiro atoms. The van der Waals surface area contributed by atoms with Crippen LogP contribution in [0.2, 0.25) is 0 Å². The molecular formula is C10H12N2O4. The summed E-state index contributed by atoms with van der Waals surface area (Å²) in [6, 6.07) is 4.13. The van der Waals surface area contributed by atoms with Gasteiger partial charge in [-0.3, -0.25) is 5.84 Å². The fourth-order valence-corrected chi connectivity index (χ4v) is 1.20. The van der Waals surface area contributed by atoms with Gasteiger partial charge in [0.25, 0.3) is 0 Å². The van der Waals surface area contributed by atoms with Gasteiger partial charge in [-0.05, 0) is 25.1 Å². The second-order valence-corrected chi connectivity index (χ2v) is 2.93. The number of nitrogens with one attached hydrogen (secondary N) is 1. The summed E-state index contributed by atoms with van der Waals surface area (Å²) in [6.45, 7) is 1.84. The van der Waals surface area contributed by atoms with Crippen molar-refractivity contribution in [2.45, 2.75) is 6.92 Å². The molecule has 0 fully saturated rings. The van der Waals surface area contributed by atoms with Gasteiger partial charge in [-0.15, -0.1) is 0 Å². The van der Waals surface area contributed by atoms with Gasteiger partial charge in [-0.25, -0.2) is 9.59 Å². The smallest absolute Gasteiger partial charge is 0.338 e. The van der Waals surface area contributed by atoms with E-state index in [1.807, 2.05) is 0 Å². The number of hydrazine groups is 1. The summed E-state index contributed by atoms with van der Waals surface area (Å²) in [5, 5.41) is 8.93. The van der Waals surface area contributed by atoms with Crippen LogP contribution in [0.25, 0.3) is 0 Å². The average Bonchev–Trinajstić information content (AvgIpc) is 2.28. The molecule has 4 N–H and O–H groups in total. The van der Waals surface area contributed by atoms with E-state index in [1.54, 1.807) is 6.92 Å². The molecule has 0 amide bonds. The molecule has 0 radical (unpaired) electrons. The molecule has 6 heteroatoms. The minimum absolute atomic E-state index is 0.00773. The van der Waals surface area contributed by atoms with Gasteiger partial charge in [0, 0.05) is 5.69 Å². The lowest BCUT2D eigenvalue weighted by molar-refractivity contribution is 0.0514. The minimum atomic E-state index is -1.21. The molecule has 1 rings (SSSR count). The van der Waals surface area contributed by atoms with Crippen molar-refractivity contribution in [3.8, 4) is 0 Å². The zero-order valence-electron chi connectivity index (χ0n) is 8.69. The standard InChI is InChI=1S/C10H12N2O4/c1-2-16-10(15)7-4-3-6(12-11)5-8(7)9(13)14/h3-5,12H,2,11H2,1H3,(H,13,14). The molecule has 0 heterocycles. The normalized spacial score (nSPS) is 9.62. The predicted molar refractivity (Wildman–Crippen MR) is 57.2 cm³/mol. The molecule has 0 saturated carbocycles. The highest BCUT2D eigenvalue weighted by Gasteiger charge is 2.17. The van der Waals surface area contributed by atoms with E-state index in [-0.39, 0.29) is 17.7 Å². The van der Waals surface area contributed by atoms with Crippen LogP contribution in [0.1, 0.15) is 27.6 Å². The zero-order chi connectivity index (χ0) is 12.1. The van der Waals surface area contributed by atoms with Crippen molar-refractivity contribution in [2.75, 3.05) is 12.0 Å². The fourth-order valence-electron chi connectivity index (χ4n) is 1.20. The number of benzene rings is 1. The number of esters is 1. The fraction of sp³-hybridized carbons (Fsp3) is 0.200. The van der Waals surface area contributed by atoms with Gasteiger partial charge in [-0.2, -0.15) is 0 Å². The molecule has 6 nitrogen and oxygen atoms in total. The predicted octanol–water partition coefficient (Wildman–Crippen LogP) is 0.847. The maximum atomic E-state index is 11.4. The quantitative estimate of drug-likeness (QED) is 0.398. The number of aromatic carboxylic acids is 1. The van der Waals surface area contributed by atoms with Gasteiger partial charge >= 0.3 is 11.9 Å². The van der Waals surface area contributed by atoms with Crippen LogP contribution in [-0.2, 0) is 4.74 Å². The Balaban J connectivity index is 3.17. The van der Waals surface area contributed by atoms with Crippen molar-refractivity contribution < 1.29 is 19.4 Å². The number of ether oxygens (including phenoxy) is 1. The summed E-state index contributed by atoms with van der Waals surface area (Å²) in [6.07, 6.45) is 0. The van der Waals surface area contributed by atoms with Crippen molar-refractivity contribution in [3.05, 3.63) is 29.3 Å². The number of carbonyl (C=O) groups is 2. The number of hydrogen-bond donors (Lipinski definition) is 3. The third-order valence-corrected chi connectivity index (χ3v) is 1.91. The van der Waals surface area contributed by atoms with Crippen molar-refractivity contribution in [1.29, 1.82) is 0 Å². The molecule has 0 unspecified atom stereocenters. The number of nitrogens with two attached hydrogens (primary N) is 1. The molecular weight excluding hydrogens is 212 g/mol. The number of nitrogen functional groups attached to an aromatic ring is 1. The molecule has 0 aliphatic heterocycles. The average molecular weight is 224 g/mol. The second kappa shape index (κ2) is 5.13. The Morgan fingerprint density at radius 2 is 2.12 bits per heavy atom. The second-order valence-electron chi connectivity index (χ2n) is 2.93. The molecule has 0 aromatic heterocycles. The Bertz CT molecular complexity index is 417. The van der Waals surface area contributed by atoms with Crippen LogP contribution < -0.4 is 11.3 Å². The van der Waals surface area contributed by atoms with E-state index in [9.17, 15) is 9.59 Å². The maximum Gasteiger partial charge on any atom is 0.338 e. The Morgan fingerprint density at radius 1 is 1.44 bits per heavy atom. The third-order valence-electron chi connectivity index (χ3n) is 1.91. The van der Waals surface area contributed by atoms with Gasteiger partial charge in [0.05, 0.1) is 17.7 Å². The van der Waals surface area contributed by atoms with E-state index in [1.165, 1.54) is 18.2 Å². The number of carboxylic acid groups (broad SMARTS) is 1. The Kier molecular flexibility index (Phi) is 3.84. The minimum Gasteiger partial charge on any atom is -0.478 e. The van der Waals surface area contributed by atoms with Crippen LogP contribution in [0.3, 0.4) is 0 Å². The van der Waals surface area contributed by atoms with Crippen molar-refractivity contribution in [2.24, 2.45) is 5.84 Å². The van der Waals surface area contributed by atoms with Crippen LogP contribution in [0.15, 0.2) is 18.2 Å². The number of anilines is 1. The summed E-state index contributed by atoms with van der Waals surface area (Å²) in [7, 11) is 0. The first-order valence-corrected chi connectivity index (χ1v) is 4.61.